The molecule has 3 heterocycles. The molecule has 1 aromatic carbocycles. The average molecular weight is 393 g/mol. The Bertz CT molecular complexity index is 1430. The lowest BCUT2D eigenvalue weighted by Crippen LogP contribution is -2.42. The molecular weight excluding hydrogens is 370 g/mol. The number of carbonyl (C=O) groups is 1. The van der Waals surface area contributed by atoms with Gasteiger partial charge in [-0.1, -0.05) is 17.7 Å². The van der Waals surface area contributed by atoms with Crippen LogP contribution in [0.5, 0.6) is 0 Å². The molecule has 0 fully saturated rings. The first-order chi connectivity index (χ1) is 13.6. The zero-order valence-electron chi connectivity index (χ0n) is 17.3. The normalized spacial score (nSPS) is 12.8. The van der Waals surface area contributed by atoms with Gasteiger partial charge in [-0.25, -0.2) is 9.36 Å². The molecule has 0 aliphatic rings. The average Bonchev–Trinajstić information content (AvgIpc) is 3.15. The van der Waals surface area contributed by atoms with Crippen molar-refractivity contribution < 1.29 is 4.79 Å². The van der Waals surface area contributed by atoms with E-state index in [0.29, 0.717) is 11.4 Å². The molecule has 3 aromatic heterocycles. The number of imidazole rings is 2. The van der Waals surface area contributed by atoms with Crippen molar-refractivity contribution in [1.82, 2.24) is 23.1 Å². The van der Waals surface area contributed by atoms with Crippen molar-refractivity contribution in [2.45, 2.75) is 40.7 Å². The second kappa shape index (κ2) is 6.30. The van der Waals surface area contributed by atoms with Crippen LogP contribution >= 0.6 is 0 Å². The molecule has 0 N–H and O–H groups in total. The molecule has 0 bridgehead atoms. The van der Waals surface area contributed by atoms with Gasteiger partial charge < -0.3 is 0 Å². The largest absolute Gasteiger partial charge is 0.333 e. The molecule has 150 valence electrons. The first kappa shape index (κ1) is 18.9. The topological polar surface area (TPSA) is 83.3 Å². The fourth-order valence-corrected chi connectivity index (χ4v) is 3.85. The van der Waals surface area contributed by atoms with Gasteiger partial charge in [0.2, 0.25) is 5.78 Å². The van der Waals surface area contributed by atoms with Crippen LogP contribution in [0.2, 0.25) is 0 Å². The van der Waals surface area contributed by atoms with E-state index in [-0.39, 0.29) is 11.3 Å². The number of fused-ring (bicyclic) bond motifs is 3. The van der Waals surface area contributed by atoms with E-state index >= 15 is 0 Å². The third kappa shape index (κ3) is 2.59. The number of nitrogens with zero attached hydrogens (tertiary/aromatic N) is 5. The molecule has 8 heteroatoms. The minimum absolute atomic E-state index is 0.256. The minimum Gasteiger partial charge on any atom is -0.298 e. The Morgan fingerprint density at radius 1 is 1.14 bits per heavy atom. The lowest BCUT2D eigenvalue weighted by molar-refractivity contribution is -0.119. The summed E-state index contributed by atoms with van der Waals surface area (Å²) in [6.07, 6.45) is 1.83. The molecule has 0 spiro atoms. The van der Waals surface area contributed by atoms with E-state index in [2.05, 4.69) is 11.1 Å². The molecule has 0 saturated carbocycles. The Morgan fingerprint density at radius 2 is 1.83 bits per heavy atom. The molecule has 0 saturated heterocycles. The van der Waals surface area contributed by atoms with E-state index in [1.165, 1.54) is 11.5 Å². The van der Waals surface area contributed by atoms with Crippen LogP contribution in [0.1, 0.15) is 36.7 Å². The van der Waals surface area contributed by atoms with Gasteiger partial charge in [0.25, 0.3) is 5.56 Å². The molecule has 0 aliphatic carbocycles. The van der Waals surface area contributed by atoms with Gasteiger partial charge >= 0.3 is 5.69 Å². The van der Waals surface area contributed by atoms with Crippen molar-refractivity contribution in [2.75, 3.05) is 0 Å². The number of benzene rings is 1. The van der Waals surface area contributed by atoms with E-state index in [1.54, 1.807) is 18.4 Å². The van der Waals surface area contributed by atoms with Crippen molar-refractivity contribution in [3.8, 4) is 5.69 Å². The summed E-state index contributed by atoms with van der Waals surface area (Å²) < 4.78 is 6.00. The van der Waals surface area contributed by atoms with E-state index in [9.17, 15) is 14.4 Å². The van der Waals surface area contributed by atoms with E-state index in [4.69, 9.17) is 0 Å². The fraction of sp³-hybridized carbons (Fsp3) is 0.333. The molecule has 4 aromatic rings. The van der Waals surface area contributed by atoms with Gasteiger partial charge in [-0.05, 0) is 46.2 Å². The zero-order chi connectivity index (χ0) is 21.2. The van der Waals surface area contributed by atoms with Crippen LogP contribution in [0, 0.1) is 20.8 Å². The van der Waals surface area contributed by atoms with Crippen LogP contribution in [-0.4, -0.2) is 28.9 Å². The van der Waals surface area contributed by atoms with Crippen molar-refractivity contribution in [2.24, 2.45) is 7.05 Å². The van der Waals surface area contributed by atoms with Crippen LogP contribution in [0.15, 0.2) is 34.0 Å². The fourth-order valence-electron chi connectivity index (χ4n) is 3.85. The number of aromatic nitrogens is 5. The quantitative estimate of drug-likeness (QED) is 0.534. The Hall–Kier alpha value is -3.42. The summed E-state index contributed by atoms with van der Waals surface area (Å²) >= 11 is 0. The smallest absolute Gasteiger partial charge is 0.298 e. The first-order valence-electron chi connectivity index (χ1n) is 9.43. The van der Waals surface area contributed by atoms with E-state index in [1.807, 2.05) is 43.7 Å². The van der Waals surface area contributed by atoms with Gasteiger partial charge in [0, 0.05) is 18.9 Å². The lowest BCUT2D eigenvalue weighted by Gasteiger charge is -2.12. The molecular formula is C21H23N5O3. The maximum atomic E-state index is 13.2. The monoisotopic (exact) mass is 393 g/mol. The first-order valence-corrected chi connectivity index (χ1v) is 9.43. The van der Waals surface area contributed by atoms with Crippen LogP contribution in [0.4, 0.5) is 0 Å². The summed E-state index contributed by atoms with van der Waals surface area (Å²) in [5.74, 6) is 0.290. The molecule has 29 heavy (non-hydrogen) atoms. The van der Waals surface area contributed by atoms with E-state index < -0.39 is 17.3 Å². The zero-order valence-corrected chi connectivity index (χ0v) is 17.3. The number of rotatable bonds is 3. The van der Waals surface area contributed by atoms with Gasteiger partial charge in [-0.15, -0.1) is 0 Å². The third-order valence-electron chi connectivity index (χ3n) is 5.54. The Labute approximate surface area is 166 Å². The summed E-state index contributed by atoms with van der Waals surface area (Å²) in [4.78, 5) is 42.5. The maximum absolute atomic E-state index is 13.2. The standard InChI is InChI=1S/C21H23N5O3/c1-11-7-8-16(12(2)9-11)25-13(3)10-24-17-18(22-20(24)25)23(6)21(29)26(19(17)28)14(4)15(5)27/h7-10,14H,1-6H3. The Kier molecular flexibility index (Phi) is 4.11. The number of hydrogen-bond donors (Lipinski definition) is 0. The Morgan fingerprint density at radius 3 is 2.45 bits per heavy atom. The molecule has 1 atom stereocenters. The number of carbonyl (C=O) groups excluding carboxylic acids is 1. The maximum Gasteiger partial charge on any atom is 0.333 e. The summed E-state index contributed by atoms with van der Waals surface area (Å²) in [5.41, 5.74) is 3.60. The van der Waals surface area contributed by atoms with Gasteiger partial charge in [-0.3, -0.25) is 23.1 Å². The number of aryl methyl sites for hydroxylation is 4. The van der Waals surface area contributed by atoms with Crippen LogP contribution < -0.4 is 11.2 Å². The number of Topliss-reactive ketones (excluding diaryl/α,β-unsaturated/α-hetero) is 1. The van der Waals surface area contributed by atoms with Crippen molar-refractivity contribution >= 4 is 22.7 Å². The number of hydrogen-bond acceptors (Lipinski definition) is 4. The van der Waals surface area contributed by atoms with Gasteiger partial charge in [0.15, 0.2) is 16.9 Å². The third-order valence-corrected chi connectivity index (χ3v) is 5.54. The molecule has 0 amide bonds. The molecule has 8 nitrogen and oxygen atoms in total. The second-order valence-corrected chi connectivity index (χ2v) is 7.65. The predicted octanol–water partition coefficient (Wildman–Crippen LogP) is 2.21. The van der Waals surface area contributed by atoms with Gasteiger partial charge in [0.05, 0.1) is 11.7 Å². The highest BCUT2D eigenvalue weighted by Crippen LogP contribution is 2.24. The minimum atomic E-state index is -0.848. The summed E-state index contributed by atoms with van der Waals surface area (Å²) in [7, 11) is 1.56. The lowest BCUT2D eigenvalue weighted by atomic mass is 10.1. The predicted molar refractivity (Wildman–Crippen MR) is 111 cm³/mol. The molecule has 4 rings (SSSR count). The van der Waals surface area contributed by atoms with Crippen LogP contribution in [0.25, 0.3) is 22.6 Å². The van der Waals surface area contributed by atoms with Crippen molar-refractivity contribution in [1.29, 1.82) is 0 Å². The summed E-state index contributed by atoms with van der Waals surface area (Å²) in [6, 6.07) is 5.29. The van der Waals surface area contributed by atoms with Gasteiger partial charge in [-0.2, -0.15) is 4.98 Å². The summed E-state index contributed by atoms with van der Waals surface area (Å²) in [6.45, 7) is 8.93. The van der Waals surface area contributed by atoms with Crippen LogP contribution in [0.3, 0.4) is 0 Å². The SMILES string of the molecule is CC(=O)C(C)n1c(=O)c2c(nc3n(-c4ccc(C)cc4C)c(C)cn23)n(C)c1=O. The molecule has 1 unspecified atom stereocenters. The highest BCUT2D eigenvalue weighted by atomic mass is 16.2. The second-order valence-electron chi connectivity index (χ2n) is 7.65. The van der Waals surface area contributed by atoms with E-state index in [0.717, 1.165) is 27.1 Å². The van der Waals surface area contributed by atoms with Crippen LogP contribution in [-0.2, 0) is 11.8 Å². The molecule has 0 radical (unpaired) electrons. The Balaban J connectivity index is 2.15. The molecule has 0 aliphatic heterocycles. The van der Waals surface area contributed by atoms with Crippen molar-refractivity contribution in [3.63, 3.8) is 0 Å². The highest BCUT2D eigenvalue weighted by molar-refractivity contribution is 5.81. The van der Waals surface area contributed by atoms with Gasteiger partial charge in [0.1, 0.15) is 0 Å². The highest BCUT2D eigenvalue weighted by Gasteiger charge is 2.24. The van der Waals surface area contributed by atoms with Crippen molar-refractivity contribution in [3.05, 3.63) is 62.1 Å². The number of ketones is 1. The summed E-state index contributed by atoms with van der Waals surface area (Å²) in [5, 5.41) is 0.